The highest BCUT2D eigenvalue weighted by Gasteiger charge is 2.13. The molecule has 2 heterocycles. The lowest BCUT2D eigenvalue weighted by Crippen LogP contribution is -2.16. The Labute approximate surface area is 109 Å². The molecule has 96 valence electrons. The SMILES string of the molecule is Cc1ccc(CNC(C)c2ccc(C(=O)O)o2)s1. The topological polar surface area (TPSA) is 62.5 Å². The molecule has 2 N–H and O–H groups in total. The summed E-state index contributed by atoms with van der Waals surface area (Å²) in [4.78, 5) is 13.2. The van der Waals surface area contributed by atoms with Gasteiger partial charge in [-0.2, -0.15) is 0 Å². The van der Waals surface area contributed by atoms with Crippen LogP contribution in [0, 0.1) is 6.92 Å². The molecule has 2 rings (SSSR count). The van der Waals surface area contributed by atoms with Crippen molar-refractivity contribution in [2.45, 2.75) is 26.4 Å². The van der Waals surface area contributed by atoms with Gasteiger partial charge in [0.15, 0.2) is 0 Å². The van der Waals surface area contributed by atoms with Crippen molar-refractivity contribution in [3.63, 3.8) is 0 Å². The molecule has 2 aromatic rings. The zero-order valence-electron chi connectivity index (χ0n) is 10.3. The van der Waals surface area contributed by atoms with Gasteiger partial charge in [0.2, 0.25) is 5.76 Å². The van der Waals surface area contributed by atoms with Gasteiger partial charge in [0.1, 0.15) is 5.76 Å². The summed E-state index contributed by atoms with van der Waals surface area (Å²) in [6.07, 6.45) is 0. The fourth-order valence-electron chi connectivity index (χ4n) is 1.63. The van der Waals surface area contributed by atoms with Crippen LogP contribution in [0.2, 0.25) is 0 Å². The number of carboxylic acid groups (broad SMARTS) is 1. The number of rotatable bonds is 5. The van der Waals surface area contributed by atoms with Crippen molar-refractivity contribution in [3.8, 4) is 0 Å². The Balaban J connectivity index is 1.94. The summed E-state index contributed by atoms with van der Waals surface area (Å²) < 4.78 is 5.24. The van der Waals surface area contributed by atoms with E-state index in [9.17, 15) is 4.79 Å². The number of nitrogens with one attached hydrogen (secondary N) is 1. The molecule has 1 unspecified atom stereocenters. The number of carbonyl (C=O) groups is 1. The van der Waals surface area contributed by atoms with E-state index in [1.807, 2.05) is 6.92 Å². The van der Waals surface area contributed by atoms with Crippen LogP contribution in [0.3, 0.4) is 0 Å². The molecule has 0 bridgehead atoms. The van der Waals surface area contributed by atoms with E-state index < -0.39 is 5.97 Å². The molecule has 0 aliphatic carbocycles. The third-order valence-corrected chi connectivity index (χ3v) is 3.64. The quantitative estimate of drug-likeness (QED) is 0.871. The summed E-state index contributed by atoms with van der Waals surface area (Å²) in [6.45, 7) is 4.77. The van der Waals surface area contributed by atoms with Crippen LogP contribution in [0.4, 0.5) is 0 Å². The molecular weight excluding hydrogens is 250 g/mol. The van der Waals surface area contributed by atoms with Crippen LogP contribution in [-0.4, -0.2) is 11.1 Å². The van der Waals surface area contributed by atoms with Gasteiger partial charge in [-0.3, -0.25) is 0 Å². The minimum absolute atomic E-state index is 0.0134. The van der Waals surface area contributed by atoms with E-state index in [0.717, 1.165) is 6.54 Å². The number of aryl methyl sites for hydroxylation is 1. The molecule has 0 aliphatic rings. The van der Waals surface area contributed by atoms with Crippen LogP contribution in [0.15, 0.2) is 28.7 Å². The van der Waals surface area contributed by atoms with Crippen LogP contribution in [0.25, 0.3) is 0 Å². The molecule has 0 aliphatic heterocycles. The predicted molar refractivity (Wildman–Crippen MR) is 70.0 cm³/mol. The normalized spacial score (nSPS) is 12.6. The Morgan fingerprint density at radius 2 is 2.22 bits per heavy atom. The molecule has 1 atom stereocenters. The van der Waals surface area contributed by atoms with E-state index in [1.54, 1.807) is 17.4 Å². The van der Waals surface area contributed by atoms with Gasteiger partial charge in [-0.15, -0.1) is 11.3 Å². The molecule has 0 amide bonds. The fraction of sp³-hybridized carbons (Fsp3) is 0.308. The first-order valence-electron chi connectivity index (χ1n) is 5.68. The van der Waals surface area contributed by atoms with Crippen LogP contribution >= 0.6 is 11.3 Å². The Morgan fingerprint density at radius 1 is 1.44 bits per heavy atom. The molecule has 0 radical (unpaired) electrons. The van der Waals surface area contributed by atoms with E-state index in [-0.39, 0.29) is 11.8 Å². The molecule has 5 heteroatoms. The van der Waals surface area contributed by atoms with Crippen molar-refractivity contribution in [2.24, 2.45) is 0 Å². The third-order valence-electron chi connectivity index (χ3n) is 2.64. The Kier molecular flexibility index (Phi) is 3.84. The number of aromatic carboxylic acids is 1. The van der Waals surface area contributed by atoms with Gasteiger partial charge in [0.05, 0.1) is 6.04 Å². The first-order valence-corrected chi connectivity index (χ1v) is 6.49. The highest BCUT2D eigenvalue weighted by Crippen LogP contribution is 2.19. The molecule has 0 saturated heterocycles. The van der Waals surface area contributed by atoms with E-state index in [4.69, 9.17) is 9.52 Å². The average molecular weight is 265 g/mol. The average Bonchev–Trinajstić information content (AvgIpc) is 2.94. The molecule has 0 fully saturated rings. The second-order valence-electron chi connectivity index (χ2n) is 4.12. The first-order chi connectivity index (χ1) is 8.56. The van der Waals surface area contributed by atoms with Crippen LogP contribution in [-0.2, 0) is 6.54 Å². The van der Waals surface area contributed by atoms with Crippen molar-refractivity contribution < 1.29 is 14.3 Å². The fourth-order valence-corrected chi connectivity index (χ4v) is 2.48. The first kappa shape index (κ1) is 12.9. The van der Waals surface area contributed by atoms with Crippen molar-refractivity contribution in [1.29, 1.82) is 0 Å². The second kappa shape index (κ2) is 5.37. The van der Waals surface area contributed by atoms with Gasteiger partial charge in [-0.05, 0) is 38.1 Å². The monoisotopic (exact) mass is 265 g/mol. The van der Waals surface area contributed by atoms with E-state index in [2.05, 4.69) is 24.4 Å². The van der Waals surface area contributed by atoms with Gasteiger partial charge in [0.25, 0.3) is 0 Å². The molecule has 0 spiro atoms. The summed E-state index contributed by atoms with van der Waals surface area (Å²) in [5.74, 6) is -0.423. The number of hydrogen-bond acceptors (Lipinski definition) is 4. The van der Waals surface area contributed by atoms with E-state index >= 15 is 0 Å². The van der Waals surface area contributed by atoms with Gasteiger partial charge in [-0.1, -0.05) is 0 Å². The lowest BCUT2D eigenvalue weighted by molar-refractivity contribution is 0.0659. The Morgan fingerprint density at radius 3 is 2.78 bits per heavy atom. The summed E-state index contributed by atoms with van der Waals surface area (Å²) >= 11 is 1.75. The van der Waals surface area contributed by atoms with Gasteiger partial charge < -0.3 is 14.8 Å². The molecule has 2 aromatic heterocycles. The number of furan rings is 1. The summed E-state index contributed by atoms with van der Waals surface area (Å²) in [5, 5.41) is 12.1. The molecule has 0 saturated carbocycles. The maximum absolute atomic E-state index is 10.7. The van der Waals surface area contributed by atoms with Gasteiger partial charge >= 0.3 is 5.97 Å². The largest absolute Gasteiger partial charge is 0.475 e. The third kappa shape index (κ3) is 3.00. The summed E-state index contributed by atoms with van der Waals surface area (Å²) in [7, 11) is 0. The maximum atomic E-state index is 10.7. The zero-order chi connectivity index (χ0) is 13.1. The number of hydrogen-bond donors (Lipinski definition) is 2. The number of carboxylic acids is 1. The Bertz CT molecular complexity index is 544. The van der Waals surface area contributed by atoms with Crippen molar-refractivity contribution in [2.75, 3.05) is 0 Å². The van der Waals surface area contributed by atoms with Gasteiger partial charge in [0, 0.05) is 16.3 Å². The number of thiophene rings is 1. The lowest BCUT2D eigenvalue weighted by atomic mass is 10.2. The molecule has 4 nitrogen and oxygen atoms in total. The van der Waals surface area contributed by atoms with Crippen molar-refractivity contribution in [3.05, 3.63) is 45.5 Å². The second-order valence-corrected chi connectivity index (χ2v) is 5.49. The maximum Gasteiger partial charge on any atom is 0.371 e. The molecule has 0 aromatic carbocycles. The van der Waals surface area contributed by atoms with E-state index in [1.165, 1.54) is 15.8 Å². The van der Waals surface area contributed by atoms with Crippen LogP contribution in [0.1, 0.15) is 39.0 Å². The standard InChI is InChI=1S/C13H15NO3S/c1-8-3-4-10(18-8)7-14-9(2)11-5-6-12(17-11)13(15)16/h3-6,9,14H,7H2,1-2H3,(H,15,16). The van der Waals surface area contributed by atoms with Crippen molar-refractivity contribution in [1.82, 2.24) is 5.32 Å². The highest BCUT2D eigenvalue weighted by atomic mass is 32.1. The molecule has 18 heavy (non-hydrogen) atoms. The van der Waals surface area contributed by atoms with Crippen LogP contribution in [0.5, 0.6) is 0 Å². The van der Waals surface area contributed by atoms with Gasteiger partial charge in [-0.25, -0.2) is 4.79 Å². The molecular formula is C13H15NO3S. The minimum atomic E-state index is -1.04. The minimum Gasteiger partial charge on any atom is -0.475 e. The van der Waals surface area contributed by atoms with E-state index in [0.29, 0.717) is 5.76 Å². The van der Waals surface area contributed by atoms with Crippen LogP contribution < -0.4 is 5.32 Å². The Hall–Kier alpha value is -1.59. The summed E-state index contributed by atoms with van der Waals surface area (Å²) in [6, 6.07) is 7.33. The summed E-state index contributed by atoms with van der Waals surface area (Å²) in [5.41, 5.74) is 0. The van der Waals surface area contributed by atoms with Crippen molar-refractivity contribution >= 4 is 17.3 Å². The smallest absolute Gasteiger partial charge is 0.371 e. The predicted octanol–water partition coefficient (Wildman–Crippen LogP) is 3.20. The lowest BCUT2D eigenvalue weighted by Gasteiger charge is -2.09. The highest BCUT2D eigenvalue weighted by molar-refractivity contribution is 7.11. The zero-order valence-corrected chi connectivity index (χ0v) is 11.1.